The first-order valence-corrected chi connectivity index (χ1v) is 11.6. The molecule has 1 heterocycles. The Morgan fingerprint density at radius 1 is 1.30 bits per heavy atom. The van der Waals surface area contributed by atoms with E-state index in [4.69, 9.17) is 18.9 Å². The van der Waals surface area contributed by atoms with Gasteiger partial charge >= 0.3 is 11.9 Å². The molecule has 0 amide bonds. The fourth-order valence-electron chi connectivity index (χ4n) is 4.24. The largest absolute Gasteiger partial charge is 0.457 e. The van der Waals surface area contributed by atoms with Crippen molar-refractivity contribution in [2.24, 2.45) is 11.8 Å². The van der Waals surface area contributed by atoms with Crippen LogP contribution in [0, 0.1) is 11.8 Å². The zero-order valence-corrected chi connectivity index (χ0v) is 20.0. The number of aliphatic hydroxyl groups excluding tert-OH is 1. The topological polar surface area (TPSA) is 108 Å². The summed E-state index contributed by atoms with van der Waals surface area (Å²) in [6.45, 7) is 7.67. The number of carbonyl (C=O) groups is 3. The van der Waals surface area contributed by atoms with Gasteiger partial charge in [0.25, 0.3) is 0 Å². The zero-order chi connectivity index (χ0) is 24.4. The van der Waals surface area contributed by atoms with E-state index >= 15 is 0 Å². The molecule has 0 bridgehead atoms. The van der Waals surface area contributed by atoms with Gasteiger partial charge in [-0.05, 0) is 57.8 Å². The summed E-state index contributed by atoms with van der Waals surface area (Å²) in [4.78, 5) is 37.2. The van der Waals surface area contributed by atoms with E-state index in [2.05, 4.69) is 0 Å². The third-order valence-corrected chi connectivity index (χ3v) is 6.08. The van der Waals surface area contributed by atoms with Gasteiger partial charge in [-0.1, -0.05) is 12.2 Å². The molecule has 0 radical (unpaired) electrons. The number of ether oxygens (including phenoxy) is 4. The van der Waals surface area contributed by atoms with Crippen LogP contribution in [-0.2, 0) is 33.3 Å². The lowest BCUT2D eigenvalue weighted by Crippen LogP contribution is -2.47. The van der Waals surface area contributed by atoms with Gasteiger partial charge in [-0.15, -0.1) is 0 Å². The van der Waals surface area contributed by atoms with Crippen LogP contribution in [0.4, 0.5) is 0 Å². The minimum atomic E-state index is -0.908. The van der Waals surface area contributed by atoms with Gasteiger partial charge in [0, 0.05) is 25.2 Å². The van der Waals surface area contributed by atoms with Crippen LogP contribution in [0.15, 0.2) is 34.9 Å². The van der Waals surface area contributed by atoms with Gasteiger partial charge in [0.05, 0.1) is 25.0 Å². The number of allylic oxidation sites excluding steroid dienone is 2. The van der Waals surface area contributed by atoms with E-state index < -0.39 is 42.1 Å². The highest BCUT2D eigenvalue weighted by Gasteiger charge is 2.52. The molecule has 5 unspecified atom stereocenters. The lowest BCUT2D eigenvalue weighted by molar-refractivity contribution is -0.159. The monoisotopic (exact) mass is 464 g/mol. The van der Waals surface area contributed by atoms with E-state index in [1.807, 2.05) is 19.9 Å². The van der Waals surface area contributed by atoms with Crippen molar-refractivity contribution in [1.82, 2.24) is 0 Å². The van der Waals surface area contributed by atoms with Crippen LogP contribution < -0.4 is 0 Å². The van der Waals surface area contributed by atoms with Gasteiger partial charge in [-0.2, -0.15) is 0 Å². The van der Waals surface area contributed by atoms with Crippen molar-refractivity contribution in [3.63, 3.8) is 0 Å². The van der Waals surface area contributed by atoms with E-state index in [0.717, 1.165) is 6.29 Å². The Kier molecular flexibility index (Phi) is 11.0. The van der Waals surface area contributed by atoms with E-state index in [1.54, 1.807) is 26.0 Å². The molecule has 0 spiro atoms. The molecular weight excluding hydrogens is 428 g/mol. The summed E-state index contributed by atoms with van der Waals surface area (Å²) in [5.41, 5.74) is 1.80. The molecule has 1 fully saturated rings. The summed E-state index contributed by atoms with van der Waals surface area (Å²) >= 11 is 0. The highest BCUT2D eigenvalue weighted by atomic mass is 16.6. The summed E-state index contributed by atoms with van der Waals surface area (Å²) in [5, 5.41) is 9.86. The van der Waals surface area contributed by atoms with Crippen molar-refractivity contribution in [3.05, 3.63) is 34.9 Å². The number of aliphatic hydroxyl groups is 1. The zero-order valence-electron chi connectivity index (χ0n) is 20.0. The van der Waals surface area contributed by atoms with Crippen molar-refractivity contribution in [1.29, 1.82) is 0 Å². The van der Waals surface area contributed by atoms with E-state index in [0.29, 0.717) is 42.8 Å². The lowest BCUT2D eigenvalue weighted by Gasteiger charge is -2.36. The number of esters is 2. The summed E-state index contributed by atoms with van der Waals surface area (Å²) in [7, 11) is 0. The second kappa shape index (κ2) is 13.4. The van der Waals surface area contributed by atoms with E-state index in [1.165, 1.54) is 0 Å². The summed E-state index contributed by atoms with van der Waals surface area (Å²) < 4.78 is 23.3. The second-order valence-electron chi connectivity index (χ2n) is 8.13. The normalized spacial score (nSPS) is 28.3. The number of fused-ring (bicyclic) bond motifs is 1. The molecule has 8 nitrogen and oxygen atoms in total. The van der Waals surface area contributed by atoms with Gasteiger partial charge in [-0.3, -0.25) is 4.79 Å². The van der Waals surface area contributed by atoms with Crippen LogP contribution in [0.1, 0.15) is 47.0 Å². The van der Waals surface area contributed by atoms with Crippen LogP contribution in [0.2, 0.25) is 0 Å². The van der Waals surface area contributed by atoms with Gasteiger partial charge < -0.3 is 28.8 Å². The molecule has 0 aromatic carbocycles. The maximum atomic E-state index is 12.9. The van der Waals surface area contributed by atoms with Crippen molar-refractivity contribution < 1.29 is 38.4 Å². The predicted molar refractivity (Wildman–Crippen MR) is 121 cm³/mol. The Morgan fingerprint density at radius 2 is 2.06 bits per heavy atom. The molecule has 5 atom stereocenters. The maximum absolute atomic E-state index is 12.9. The van der Waals surface area contributed by atoms with Crippen LogP contribution in [0.25, 0.3) is 0 Å². The first kappa shape index (κ1) is 27.0. The van der Waals surface area contributed by atoms with Crippen LogP contribution >= 0.6 is 0 Å². The Hall–Kier alpha value is -2.29. The smallest absolute Gasteiger partial charge is 0.333 e. The number of rotatable bonds is 10. The summed E-state index contributed by atoms with van der Waals surface area (Å²) in [6, 6.07) is 0. The van der Waals surface area contributed by atoms with E-state index in [-0.39, 0.29) is 19.6 Å². The third kappa shape index (κ3) is 6.85. The molecule has 33 heavy (non-hydrogen) atoms. The van der Waals surface area contributed by atoms with Gasteiger partial charge in [-0.25, -0.2) is 4.79 Å². The van der Waals surface area contributed by atoms with Crippen molar-refractivity contribution in [3.8, 4) is 0 Å². The second-order valence-corrected chi connectivity index (χ2v) is 8.13. The van der Waals surface area contributed by atoms with Crippen LogP contribution in [-0.4, -0.2) is 68.1 Å². The number of aldehydes is 1. The summed E-state index contributed by atoms with van der Waals surface area (Å²) in [5.74, 6) is -2.31. The number of carbonyl (C=O) groups excluding carboxylic acids is 3. The van der Waals surface area contributed by atoms with Crippen molar-refractivity contribution >= 4 is 18.2 Å². The third-order valence-electron chi connectivity index (χ3n) is 6.08. The average Bonchev–Trinajstić information content (AvgIpc) is 3.11. The number of hydrogen-bond acceptors (Lipinski definition) is 8. The van der Waals surface area contributed by atoms with Crippen molar-refractivity contribution in [2.45, 2.75) is 65.3 Å². The molecule has 1 saturated heterocycles. The highest BCUT2D eigenvalue weighted by molar-refractivity contribution is 5.88. The highest BCUT2D eigenvalue weighted by Crippen LogP contribution is 2.39. The molecular formula is C25H36O8. The molecule has 1 N–H and O–H groups in total. The predicted octanol–water partition coefficient (Wildman–Crippen LogP) is 2.69. The quantitative estimate of drug-likeness (QED) is 0.228. The molecule has 0 aromatic rings. The number of hydrogen-bond donors (Lipinski definition) is 1. The Morgan fingerprint density at radius 3 is 2.67 bits per heavy atom. The van der Waals surface area contributed by atoms with Gasteiger partial charge in [0.1, 0.15) is 24.6 Å². The lowest BCUT2D eigenvalue weighted by atomic mass is 9.79. The minimum absolute atomic E-state index is 0.0982. The molecule has 1 aliphatic carbocycles. The maximum Gasteiger partial charge on any atom is 0.333 e. The standard InChI is InChI=1S/C25H36O8/c1-5-16(4)24(28)33-23-21-19(15-30-6-2)25(29)32-20(21)13-17(14-27)9-8-10-18(11-12-26)22(23)31-7-3/h5,10,12-13,19-23,27H,6-9,11,14-15H2,1-4H3. The Bertz CT molecular complexity index is 781. The Labute approximate surface area is 195 Å². The Balaban J connectivity index is 2.66. The molecule has 1 aliphatic heterocycles. The minimum Gasteiger partial charge on any atom is -0.457 e. The fourth-order valence-corrected chi connectivity index (χ4v) is 4.24. The molecule has 2 rings (SSSR count). The first-order valence-electron chi connectivity index (χ1n) is 11.6. The SMILES string of the molecule is CC=C(C)C(=O)OC1C(OCC)C(CC=O)=CCCC(CO)=CC2OC(=O)C(COCC)C21. The molecule has 0 aromatic heterocycles. The molecule has 2 aliphatic rings. The summed E-state index contributed by atoms with van der Waals surface area (Å²) in [6.07, 6.45) is 4.91. The van der Waals surface area contributed by atoms with E-state index in [9.17, 15) is 19.5 Å². The first-order chi connectivity index (χ1) is 15.9. The molecule has 0 saturated carbocycles. The average molecular weight is 465 g/mol. The van der Waals surface area contributed by atoms with Crippen LogP contribution in [0.3, 0.4) is 0 Å². The van der Waals surface area contributed by atoms with Crippen molar-refractivity contribution in [2.75, 3.05) is 26.4 Å². The van der Waals surface area contributed by atoms with Gasteiger partial charge in [0.15, 0.2) is 0 Å². The fraction of sp³-hybridized carbons (Fsp3) is 0.640. The van der Waals surface area contributed by atoms with Crippen LogP contribution in [0.5, 0.6) is 0 Å². The molecule has 8 heteroatoms. The molecule has 184 valence electrons. The van der Waals surface area contributed by atoms with Gasteiger partial charge in [0.2, 0.25) is 0 Å².